The summed E-state index contributed by atoms with van der Waals surface area (Å²) in [7, 11) is 0. The van der Waals surface area contributed by atoms with Crippen LogP contribution < -0.4 is 0 Å². The molecule has 0 fully saturated rings. The number of aliphatic carboxylic acids is 1. The summed E-state index contributed by atoms with van der Waals surface area (Å²) in [5.41, 5.74) is 0. The highest BCUT2D eigenvalue weighted by atomic mass is 16.4. The molecular formula is C8H18O4. The molecule has 1 atom stereocenters. The van der Waals surface area contributed by atoms with Crippen molar-refractivity contribution in [3.63, 3.8) is 0 Å². The van der Waals surface area contributed by atoms with Crippen molar-refractivity contribution in [2.75, 3.05) is 6.61 Å². The Hall–Kier alpha value is -0.870. The molecule has 0 aliphatic carbocycles. The zero-order valence-corrected chi connectivity index (χ0v) is 7.82. The van der Waals surface area contributed by atoms with Crippen LogP contribution in [0.15, 0.2) is 12.7 Å². The van der Waals surface area contributed by atoms with Gasteiger partial charge in [0.2, 0.25) is 0 Å². The first kappa shape index (κ1) is 17.3. The summed E-state index contributed by atoms with van der Waals surface area (Å²) in [6.45, 7) is 7.72. The molecule has 0 bridgehead atoms. The maximum Gasteiger partial charge on any atom is 0.300 e. The van der Waals surface area contributed by atoms with Gasteiger partial charge in [-0.2, -0.15) is 0 Å². The van der Waals surface area contributed by atoms with E-state index < -0.39 is 12.1 Å². The molecule has 1 unspecified atom stereocenters. The number of allylic oxidation sites excluding steroid dienone is 1. The van der Waals surface area contributed by atoms with Crippen molar-refractivity contribution in [3.8, 4) is 0 Å². The summed E-state index contributed by atoms with van der Waals surface area (Å²) in [4.78, 5) is 9.00. The highest BCUT2D eigenvalue weighted by Crippen LogP contribution is 1.68. The van der Waals surface area contributed by atoms with Crippen molar-refractivity contribution in [1.82, 2.24) is 0 Å². The fourth-order valence-electron chi connectivity index (χ4n) is 0. The molecule has 0 aromatic heterocycles. The van der Waals surface area contributed by atoms with E-state index in [0.717, 1.165) is 6.92 Å². The van der Waals surface area contributed by atoms with Gasteiger partial charge in [-0.05, 0) is 13.8 Å². The molecule has 0 aliphatic heterocycles. The van der Waals surface area contributed by atoms with Gasteiger partial charge in [0.25, 0.3) is 5.97 Å². The van der Waals surface area contributed by atoms with Gasteiger partial charge < -0.3 is 15.3 Å². The third-order valence-corrected chi connectivity index (χ3v) is 0.264. The van der Waals surface area contributed by atoms with E-state index in [1.165, 1.54) is 6.92 Å². The van der Waals surface area contributed by atoms with Gasteiger partial charge in [-0.3, -0.25) is 4.79 Å². The summed E-state index contributed by atoms with van der Waals surface area (Å²) < 4.78 is 0. The molecule has 0 aliphatic rings. The van der Waals surface area contributed by atoms with Crippen molar-refractivity contribution in [1.29, 1.82) is 0 Å². The Kier molecular flexibility index (Phi) is 23.9. The molecule has 0 rings (SSSR count). The molecule has 0 saturated heterocycles. The molecular weight excluding hydrogens is 160 g/mol. The number of carboxylic acids is 1. The zero-order valence-electron chi connectivity index (χ0n) is 7.82. The lowest BCUT2D eigenvalue weighted by Gasteiger charge is -1.90. The fraction of sp³-hybridized carbons (Fsp3) is 0.625. The van der Waals surface area contributed by atoms with E-state index in [-0.39, 0.29) is 6.61 Å². The third kappa shape index (κ3) is 473. The van der Waals surface area contributed by atoms with Crippen LogP contribution in [0.1, 0.15) is 20.8 Å². The second-order valence-electron chi connectivity index (χ2n) is 1.96. The van der Waals surface area contributed by atoms with Crippen molar-refractivity contribution in [2.45, 2.75) is 26.9 Å². The second-order valence-corrected chi connectivity index (χ2v) is 1.96. The smallest absolute Gasteiger partial charge is 0.300 e. The van der Waals surface area contributed by atoms with Crippen LogP contribution in [-0.2, 0) is 4.79 Å². The molecule has 0 spiro atoms. The van der Waals surface area contributed by atoms with Gasteiger partial charge in [0, 0.05) is 6.92 Å². The Morgan fingerprint density at radius 3 is 1.75 bits per heavy atom. The zero-order chi connectivity index (χ0) is 10.6. The topological polar surface area (TPSA) is 77.8 Å². The summed E-state index contributed by atoms with van der Waals surface area (Å²) in [5, 5.41) is 23.4. The lowest BCUT2D eigenvalue weighted by atomic mass is 10.5. The first-order valence-electron chi connectivity index (χ1n) is 3.47. The van der Waals surface area contributed by atoms with Gasteiger partial charge in [-0.25, -0.2) is 0 Å². The molecule has 0 aromatic rings. The van der Waals surface area contributed by atoms with Gasteiger partial charge in [0.1, 0.15) is 0 Å². The molecule has 4 heteroatoms. The van der Waals surface area contributed by atoms with Crippen molar-refractivity contribution < 1.29 is 20.1 Å². The third-order valence-electron chi connectivity index (χ3n) is 0.264. The average molecular weight is 178 g/mol. The van der Waals surface area contributed by atoms with Crippen LogP contribution in [0.25, 0.3) is 0 Å². The molecule has 0 amide bonds. The monoisotopic (exact) mass is 178 g/mol. The highest BCUT2D eigenvalue weighted by molar-refractivity contribution is 5.62. The van der Waals surface area contributed by atoms with Crippen molar-refractivity contribution in [2.24, 2.45) is 0 Å². The Balaban J connectivity index is -0.000000105. The van der Waals surface area contributed by atoms with Gasteiger partial charge in [-0.1, -0.05) is 6.08 Å². The van der Waals surface area contributed by atoms with Crippen molar-refractivity contribution >= 4 is 5.97 Å². The minimum atomic E-state index is -0.833. The summed E-state index contributed by atoms with van der Waals surface area (Å²) in [6.07, 6.45) is 1.19. The number of carbonyl (C=O) groups is 1. The maximum atomic E-state index is 9.00. The molecule has 74 valence electrons. The minimum Gasteiger partial charge on any atom is -0.481 e. The van der Waals surface area contributed by atoms with Gasteiger partial charge >= 0.3 is 0 Å². The van der Waals surface area contributed by atoms with Crippen LogP contribution >= 0.6 is 0 Å². The summed E-state index contributed by atoms with van der Waals surface area (Å²) >= 11 is 0. The van der Waals surface area contributed by atoms with Crippen LogP contribution in [0, 0.1) is 0 Å². The maximum absolute atomic E-state index is 9.00. The number of rotatable bonds is 1. The van der Waals surface area contributed by atoms with Gasteiger partial charge in [0.05, 0.1) is 12.7 Å². The Labute approximate surface area is 73.2 Å². The highest BCUT2D eigenvalue weighted by Gasteiger charge is 1.83. The minimum absolute atomic E-state index is 0.139. The molecule has 0 radical (unpaired) electrons. The van der Waals surface area contributed by atoms with E-state index in [4.69, 9.17) is 20.1 Å². The number of hydrogen-bond donors (Lipinski definition) is 3. The largest absolute Gasteiger partial charge is 0.481 e. The molecule has 12 heavy (non-hydrogen) atoms. The van der Waals surface area contributed by atoms with Crippen molar-refractivity contribution in [3.05, 3.63) is 12.7 Å². The van der Waals surface area contributed by atoms with E-state index in [0.29, 0.717) is 0 Å². The fourth-order valence-corrected chi connectivity index (χ4v) is 0. The van der Waals surface area contributed by atoms with E-state index in [9.17, 15) is 0 Å². The number of aliphatic hydroxyl groups excluding tert-OH is 2. The molecule has 0 heterocycles. The first-order valence-corrected chi connectivity index (χ1v) is 3.47. The van der Waals surface area contributed by atoms with Crippen LogP contribution in [-0.4, -0.2) is 34.0 Å². The summed E-state index contributed by atoms with van der Waals surface area (Å²) in [5.74, 6) is -0.833. The van der Waals surface area contributed by atoms with Crippen LogP contribution in [0.4, 0.5) is 0 Å². The summed E-state index contributed by atoms with van der Waals surface area (Å²) in [6, 6.07) is 0. The number of carboxylic acid groups (broad SMARTS) is 1. The average Bonchev–Trinajstić information content (AvgIpc) is 1.88. The van der Waals surface area contributed by atoms with E-state index >= 15 is 0 Å². The van der Waals surface area contributed by atoms with E-state index in [1.807, 2.05) is 6.92 Å². The predicted molar refractivity (Wildman–Crippen MR) is 47.9 cm³/mol. The SMILES string of the molecule is C=CC.CC(=O)O.CC(O)CO. The predicted octanol–water partition coefficient (Wildman–Crippen LogP) is 0.643. The Morgan fingerprint density at radius 2 is 1.75 bits per heavy atom. The molecule has 4 nitrogen and oxygen atoms in total. The quantitative estimate of drug-likeness (QED) is 0.515. The lowest BCUT2D eigenvalue weighted by molar-refractivity contribution is -0.134. The first-order chi connectivity index (χ1) is 5.42. The normalized spacial score (nSPS) is 9.42. The standard InChI is InChI=1S/C3H8O2.C3H6.C2H4O2/c1-3(5)2-4;1-3-2;1-2(3)4/h3-5H,2H2,1H3;3H,1H2,2H3;1H3,(H,3,4). The molecule has 3 N–H and O–H groups in total. The Morgan fingerprint density at radius 1 is 1.67 bits per heavy atom. The number of aliphatic hydroxyl groups is 2. The lowest BCUT2D eigenvalue weighted by Crippen LogP contribution is -2.03. The molecule has 0 saturated carbocycles. The van der Waals surface area contributed by atoms with Crippen LogP contribution in [0.5, 0.6) is 0 Å². The second kappa shape index (κ2) is 16.6. The van der Waals surface area contributed by atoms with Gasteiger partial charge in [-0.15, -0.1) is 6.58 Å². The van der Waals surface area contributed by atoms with Crippen LogP contribution in [0.3, 0.4) is 0 Å². The number of hydrogen-bond acceptors (Lipinski definition) is 3. The van der Waals surface area contributed by atoms with E-state index in [2.05, 4.69) is 6.58 Å². The Bertz CT molecular complexity index is 95.2. The van der Waals surface area contributed by atoms with E-state index in [1.54, 1.807) is 6.08 Å². The van der Waals surface area contributed by atoms with Gasteiger partial charge in [0.15, 0.2) is 0 Å². The van der Waals surface area contributed by atoms with Crippen LogP contribution in [0.2, 0.25) is 0 Å². The molecule has 0 aromatic carbocycles.